The SMILES string of the molecule is COc1ccc(CCC(=O)NCCC(C)C(=O)O)cc1Br. The van der Waals surface area contributed by atoms with Gasteiger partial charge in [0.25, 0.3) is 0 Å². The fourth-order valence-electron chi connectivity index (χ4n) is 1.76. The summed E-state index contributed by atoms with van der Waals surface area (Å²) in [7, 11) is 1.60. The first-order valence-electron chi connectivity index (χ1n) is 6.76. The fraction of sp³-hybridized carbons (Fsp3) is 0.467. The molecule has 1 atom stereocenters. The molecule has 0 fully saturated rings. The van der Waals surface area contributed by atoms with Crippen LogP contribution < -0.4 is 10.1 Å². The molecule has 1 rings (SSSR count). The maximum Gasteiger partial charge on any atom is 0.306 e. The zero-order valence-corrected chi connectivity index (χ0v) is 13.8. The van der Waals surface area contributed by atoms with Gasteiger partial charge in [0.2, 0.25) is 5.91 Å². The number of aryl methyl sites for hydroxylation is 1. The maximum atomic E-state index is 11.7. The molecule has 6 heteroatoms. The highest BCUT2D eigenvalue weighted by Crippen LogP contribution is 2.25. The molecule has 116 valence electrons. The number of nitrogens with one attached hydrogen (secondary N) is 1. The van der Waals surface area contributed by atoms with Crippen molar-refractivity contribution in [2.24, 2.45) is 5.92 Å². The van der Waals surface area contributed by atoms with E-state index >= 15 is 0 Å². The van der Waals surface area contributed by atoms with Crippen LogP contribution in [0.5, 0.6) is 5.75 Å². The number of rotatable bonds is 8. The van der Waals surface area contributed by atoms with Gasteiger partial charge in [-0.1, -0.05) is 13.0 Å². The summed E-state index contributed by atoms with van der Waals surface area (Å²) in [5.41, 5.74) is 1.04. The van der Waals surface area contributed by atoms with Gasteiger partial charge in [-0.2, -0.15) is 0 Å². The molecule has 1 amide bonds. The van der Waals surface area contributed by atoms with Gasteiger partial charge < -0.3 is 15.2 Å². The lowest BCUT2D eigenvalue weighted by Gasteiger charge is -2.09. The molecule has 0 aliphatic rings. The van der Waals surface area contributed by atoms with E-state index < -0.39 is 11.9 Å². The predicted octanol–water partition coefficient (Wildman–Crippen LogP) is 2.62. The van der Waals surface area contributed by atoms with Crippen LogP contribution in [0.15, 0.2) is 22.7 Å². The first kappa shape index (κ1) is 17.5. The Labute approximate surface area is 132 Å². The lowest BCUT2D eigenvalue weighted by atomic mass is 10.1. The zero-order chi connectivity index (χ0) is 15.8. The first-order valence-corrected chi connectivity index (χ1v) is 7.55. The molecule has 21 heavy (non-hydrogen) atoms. The van der Waals surface area contributed by atoms with Crippen LogP contribution in [0, 0.1) is 5.92 Å². The van der Waals surface area contributed by atoms with Crippen molar-refractivity contribution in [1.82, 2.24) is 5.32 Å². The molecule has 1 aromatic carbocycles. The minimum absolute atomic E-state index is 0.0699. The van der Waals surface area contributed by atoms with Crippen molar-refractivity contribution in [2.45, 2.75) is 26.2 Å². The standard InChI is InChI=1S/C15H20BrNO4/c1-10(15(19)20)7-8-17-14(18)6-4-11-3-5-13(21-2)12(16)9-11/h3,5,9-10H,4,6-8H2,1-2H3,(H,17,18)(H,19,20). The molecule has 1 unspecified atom stereocenters. The van der Waals surface area contributed by atoms with Crippen molar-refractivity contribution in [1.29, 1.82) is 0 Å². The number of benzene rings is 1. The number of hydrogen-bond donors (Lipinski definition) is 2. The van der Waals surface area contributed by atoms with Gasteiger partial charge in [-0.3, -0.25) is 9.59 Å². The maximum absolute atomic E-state index is 11.7. The predicted molar refractivity (Wildman–Crippen MR) is 83.4 cm³/mol. The lowest BCUT2D eigenvalue weighted by molar-refractivity contribution is -0.141. The highest BCUT2D eigenvalue weighted by molar-refractivity contribution is 9.10. The molecule has 0 aliphatic carbocycles. The van der Waals surface area contributed by atoms with Gasteiger partial charge in [-0.25, -0.2) is 0 Å². The molecule has 5 nitrogen and oxygen atoms in total. The van der Waals surface area contributed by atoms with Crippen LogP contribution in [0.25, 0.3) is 0 Å². The second kappa shape index (κ2) is 8.67. The number of amides is 1. The molecule has 0 spiro atoms. The zero-order valence-electron chi connectivity index (χ0n) is 12.2. The summed E-state index contributed by atoms with van der Waals surface area (Å²) in [4.78, 5) is 22.3. The fourth-order valence-corrected chi connectivity index (χ4v) is 2.35. The van der Waals surface area contributed by atoms with Gasteiger partial charge in [0.05, 0.1) is 17.5 Å². The molecule has 0 saturated heterocycles. The highest BCUT2D eigenvalue weighted by Gasteiger charge is 2.11. The Morgan fingerprint density at radius 2 is 2.14 bits per heavy atom. The van der Waals surface area contributed by atoms with E-state index in [-0.39, 0.29) is 5.91 Å². The van der Waals surface area contributed by atoms with Crippen LogP contribution >= 0.6 is 15.9 Å². The van der Waals surface area contributed by atoms with E-state index in [4.69, 9.17) is 9.84 Å². The summed E-state index contributed by atoms with van der Waals surface area (Å²) < 4.78 is 6.01. The summed E-state index contributed by atoms with van der Waals surface area (Å²) >= 11 is 3.40. The number of aliphatic carboxylic acids is 1. The number of carbonyl (C=O) groups excluding carboxylic acids is 1. The second-order valence-electron chi connectivity index (χ2n) is 4.85. The van der Waals surface area contributed by atoms with Crippen molar-refractivity contribution in [2.75, 3.05) is 13.7 Å². The van der Waals surface area contributed by atoms with Crippen LogP contribution in [0.1, 0.15) is 25.3 Å². The highest BCUT2D eigenvalue weighted by atomic mass is 79.9. The topological polar surface area (TPSA) is 75.6 Å². The molecule has 0 heterocycles. The average molecular weight is 358 g/mol. The molecule has 0 bridgehead atoms. The Morgan fingerprint density at radius 1 is 1.43 bits per heavy atom. The van der Waals surface area contributed by atoms with Crippen LogP contribution in [-0.2, 0) is 16.0 Å². The van der Waals surface area contributed by atoms with Crippen molar-refractivity contribution in [3.05, 3.63) is 28.2 Å². The molecule has 1 aromatic rings. The molecule has 0 radical (unpaired) electrons. The molecule has 0 aromatic heterocycles. The average Bonchev–Trinajstić information content (AvgIpc) is 2.45. The van der Waals surface area contributed by atoms with E-state index in [1.807, 2.05) is 18.2 Å². The van der Waals surface area contributed by atoms with Gasteiger partial charge in [0.1, 0.15) is 5.75 Å². The molecule has 0 aliphatic heterocycles. The summed E-state index contributed by atoms with van der Waals surface area (Å²) in [6.07, 6.45) is 1.44. The number of ether oxygens (including phenoxy) is 1. The third kappa shape index (κ3) is 6.16. The number of carboxylic acid groups (broad SMARTS) is 1. The third-order valence-electron chi connectivity index (χ3n) is 3.18. The lowest BCUT2D eigenvalue weighted by Crippen LogP contribution is -2.27. The summed E-state index contributed by atoms with van der Waals surface area (Å²) in [6.45, 7) is 2.02. The van der Waals surface area contributed by atoms with Gasteiger partial charge in [0, 0.05) is 13.0 Å². The number of methoxy groups -OCH3 is 1. The van der Waals surface area contributed by atoms with Gasteiger partial charge in [-0.15, -0.1) is 0 Å². The Balaban J connectivity index is 2.33. The van der Waals surface area contributed by atoms with Crippen LogP contribution in [0.2, 0.25) is 0 Å². The van der Waals surface area contributed by atoms with Crippen LogP contribution in [0.4, 0.5) is 0 Å². The van der Waals surface area contributed by atoms with Crippen molar-refractivity contribution in [3.63, 3.8) is 0 Å². The summed E-state index contributed by atoms with van der Waals surface area (Å²) in [6, 6.07) is 5.70. The van der Waals surface area contributed by atoms with Crippen molar-refractivity contribution >= 4 is 27.8 Å². The summed E-state index contributed by atoms with van der Waals surface area (Å²) in [5, 5.41) is 11.5. The molecular formula is C15H20BrNO4. The largest absolute Gasteiger partial charge is 0.496 e. The van der Waals surface area contributed by atoms with E-state index in [2.05, 4.69) is 21.2 Å². The Kier molecular flexibility index (Phi) is 7.22. The van der Waals surface area contributed by atoms with Gasteiger partial charge >= 0.3 is 5.97 Å². The van der Waals surface area contributed by atoms with E-state index in [1.54, 1.807) is 14.0 Å². The number of halogens is 1. The van der Waals surface area contributed by atoms with E-state index in [1.165, 1.54) is 0 Å². The molecule has 0 saturated carbocycles. The van der Waals surface area contributed by atoms with Crippen molar-refractivity contribution in [3.8, 4) is 5.75 Å². The molecule has 2 N–H and O–H groups in total. The van der Waals surface area contributed by atoms with Crippen LogP contribution in [-0.4, -0.2) is 30.6 Å². The third-order valence-corrected chi connectivity index (χ3v) is 3.80. The first-order chi connectivity index (χ1) is 9.93. The van der Waals surface area contributed by atoms with E-state index in [9.17, 15) is 9.59 Å². The normalized spacial score (nSPS) is 11.8. The summed E-state index contributed by atoms with van der Waals surface area (Å²) in [5.74, 6) is -0.597. The van der Waals surface area contributed by atoms with Crippen LogP contribution in [0.3, 0.4) is 0 Å². The Morgan fingerprint density at radius 3 is 2.71 bits per heavy atom. The van der Waals surface area contributed by atoms with E-state index in [0.29, 0.717) is 25.8 Å². The molecular weight excluding hydrogens is 338 g/mol. The monoisotopic (exact) mass is 357 g/mol. The van der Waals surface area contributed by atoms with Gasteiger partial charge in [-0.05, 0) is 46.5 Å². The number of carbonyl (C=O) groups is 2. The number of hydrogen-bond acceptors (Lipinski definition) is 3. The Hall–Kier alpha value is -1.56. The Bertz CT molecular complexity index is 504. The number of carboxylic acids is 1. The van der Waals surface area contributed by atoms with Crippen molar-refractivity contribution < 1.29 is 19.4 Å². The minimum atomic E-state index is -0.840. The quantitative estimate of drug-likeness (QED) is 0.749. The smallest absolute Gasteiger partial charge is 0.306 e. The minimum Gasteiger partial charge on any atom is -0.496 e. The van der Waals surface area contributed by atoms with Gasteiger partial charge in [0.15, 0.2) is 0 Å². The second-order valence-corrected chi connectivity index (χ2v) is 5.70. The van der Waals surface area contributed by atoms with E-state index in [0.717, 1.165) is 15.8 Å².